The maximum absolute atomic E-state index is 5.50. The molecule has 5 heteroatoms. The smallest absolute Gasteiger partial charge is 0.235 e. The molecule has 0 unspecified atom stereocenters. The van der Waals surface area contributed by atoms with Crippen LogP contribution in [0.1, 0.15) is 0 Å². The third kappa shape index (κ3) is 4.77. The fraction of sp³-hybridized carbons (Fsp3) is 0. The van der Waals surface area contributed by atoms with Crippen molar-refractivity contribution in [1.29, 1.82) is 0 Å². The molecule has 0 aliphatic rings. The molecule has 0 saturated heterocycles. The minimum Gasteiger partial charge on any atom is -0.309 e. The first kappa shape index (κ1) is 32.5. The number of hydrogen-bond donors (Lipinski definition) is 0. The molecule has 59 heavy (non-hydrogen) atoms. The molecule has 0 fully saturated rings. The molecule has 274 valence electrons. The zero-order valence-corrected chi connectivity index (χ0v) is 32.5. The van der Waals surface area contributed by atoms with Gasteiger partial charge in [-0.1, -0.05) is 133 Å². The summed E-state index contributed by atoms with van der Waals surface area (Å²) < 4.78 is 7.26. The van der Waals surface area contributed by atoms with E-state index in [2.05, 4.69) is 203 Å². The van der Waals surface area contributed by atoms with Crippen molar-refractivity contribution in [3.05, 3.63) is 194 Å². The summed E-state index contributed by atoms with van der Waals surface area (Å²) in [5.74, 6) is 0.656. The van der Waals surface area contributed by atoms with Crippen LogP contribution in [-0.4, -0.2) is 19.1 Å². The lowest BCUT2D eigenvalue weighted by molar-refractivity contribution is 1.01. The van der Waals surface area contributed by atoms with Gasteiger partial charge in [-0.3, -0.25) is 4.57 Å². The average Bonchev–Trinajstić information content (AvgIpc) is 3.96. The van der Waals surface area contributed by atoms with Gasteiger partial charge in [0.2, 0.25) is 5.95 Å². The Kier molecular flexibility index (Phi) is 6.85. The SMILES string of the molecule is c1ccc(-n2c3ccccc3c3cc(-c4ccc5c6ccccc6n(-c6nc(-c7ccc8sc9ccccc9c8c7)c7ccccc7n6)c5c4)c4ccccc4c32)cc1. The number of hydrogen-bond acceptors (Lipinski definition) is 3. The van der Waals surface area contributed by atoms with E-state index in [0.717, 1.165) is 44.4 Å². The molecule has 0 aliphatic carbocycles. The van der Waals surface area contributed by atoms with Gasteiger partial charge in [0, 0.05) is 63.7 Å². The second kappa shape index (κ2) is 12.4. The molecule has 0 saturated carbocycles. The molecule has 0 N–H and O–H groups in total. The maximum Gasteiger partial charge on any atom is 0.235 e. The number of benzene rings is 9. The zero-order valence-electron chi connectivity index (χ0n) is 31.7. The van der Waals surface area contributed by atoms with E-state index < -0.39 is 0 Å². The van der Waals surface area contributed by atoms with Gasteiger partial charge in [0.05, 0.1) is 33.3 Å². The number of thiophene rings is 1. The lowest BCUT2D eigenvalue weighted by Crippen LogP contribution is -2.03. The van der Waals surface area contributed by atoms with E-state index in [9.17, 15) is 0 Å². The first-order valence-electron chi connectivity index (χ1n) is 20.0. The van der Waals surface area contributed by atoms with Crippen LogP contribution in [-0.2, 0) is 0 Å². The van der Waals surface area contributed by atoms with E-state index >= 15 is 0 Å². The molecule has 13 aromatic rings. The fourth-order valence-electron chi connectivity index (χ4n) is 9.52. The number of aromatic nitrogens is 4. The third-order valence-electron chi connectivity index (χ3n) is 12.1. The zero-order chi connectivity index (χ0) is 38.6. The molecule has 0 radical (unpaired) electrons. The van der Waals surface area contributed by atoms with Gasteiger partial charge in [-0.15, -0.1) is 11.3 Å². The second-order valence-corrected chi connectivity index (χ2v) is 16.4. The van der Waals surface area contributed by atoms with Crippen molar-refractivity contribution in [2.45, 2.75) is 0 Å². The number of fused-ring (bicyclic) bond motifs is 12. The number of nitrogens with zero attached hydrogens (tertiary/aromatic N) is 4. The van der Waals surface area contributed by atoms with Crippen molar-refractivity contribution in [2.75, 3.05) is 0 Å². The standard InChI is InChI=1S/C54H32N4S/c1-2-14-35(15-3-1)57-47-23-11-8-18-38(47)45-32-43(36-16-4-5-20-41(36)53(45)57)33-26-28-39-37-17-7-12-24-48(37)58(49(39)31-33)54-55-46-22-10-6-21-42(46)52(56-54)34-27-29-51-44(30-34)40-19-9-13-25-50(40)59-51/h1-32H. The van der Waals surface area contributed by atoms with E-state index in [1.807, 2.05) is 11.3 Å². The van der Waals surface area contributed by atoms with Gasteiger partial charge in [0.15, 0.2) is 0 Å². The van der Waals surface area contributed by atoms with Crippen molar-refractivity contribution in [1.82, 2.24) is 19.1 Å². The first-order chi connectivity index (χ1) is 29.3. The highest BCUT2D eigenvalue weighted by Gasteiger charge is 2.21. The Hall–Kier alpha value is -7.60. The summed E-state index contributed by atoms with van der Waals surface area (Å²) in [6, 6.07) is 70.2. The Morgan fingerprint density at radius 3 is 1.80 bits per heavy atom. The Morgan fingerprint density at radius 2 is 0.966 bits per heavy atom. The quantitative estimate of drug-likeness (QED) is 0.179. The molecule has 4 nitrogen and oxygen atoms in total. The van der Waals surface area contributed by atoms with Crippen LogP contribution in [0.4, 0.5) is 0 Å². The van der Waals surface area contributed by atoms with E-state index in [-0.39, 0.29) is 0 Å². The molecule has 0 aliphatic heterocycles. The number of rotatable bonds is 4. The van der Waals surface area contributed by atoms with Gasteiger partial charge >= 0.3 is 0 Å². The van der Waals surface area contributed by atoms with Crippen LogP contribution in [0.15, 0.2) is 194 Å². The van der Waals surface area contributed by atoms with Crippen molar-refractivity contribution in [3.63, 3.8) is 0 Å². The predicted molar refractivity (Wildman–Crippen MR) is 249 cm³/mol. The Morgan fingerprint density at radius 1 is 0.356 bits per heavy atom. The normalized spacial score (nSPS) is 12.1. The summed E-state index contributed by atoms with van der Waals surface area (Å²) in [5.41, 5.74) is 11.0. The topological polar surface area (TPSA) is 35.6 Å². The molecule has 0 amide bonds. The van der Waals surface area contributed by atoms with Gasteiger partial charge < -0.3 is 4.57 Å². The average molecular weight is 769 g/mol. The largest absolute Gasteiger partial charge is 0.309 e. The summed E-state index contributed by atoms with van der Waals surface area (Å²) in [6.45, 7) is 0. The third-order valence-corrected chi connectivity index (χ3v) is 13.3. The van der Waals surface area contributed by atoms with Gasteiger partial charge in [-0.05, 0) is 77.2 Å². The lowest BCUT2D eigenvalue weighted by atomic mass is 9.94. The Balaban J connectivity index is 1.08. The Labute approximate surface area is 342 Å². The maximum atomic E-state index is 5.50. The minimum atomic E-state index is 0.656. The minimum absolute atomic E-state index is 0.656. The molecule has 4 aromatic heterocycles. The highest BCUT2D eigenvalue weighted by molar-refractivity contribution is 7.25. The Bertz CT molecular complexity index is 3850. The summed E-state index contributed by atoms with van der Waals surface area (Å²) in [6.07, 6.45) is 0. The lowest BCUT2D eigenvalue weighted by Gasteiger charge is -2.14. The fourth-order valence-corrected chi connectivity index (χ4v) is 10.6. The highest BCUT2D eigenvalue weighted by Crippen LogP contribution is 2.43. The van der Waals surface area contributed by atoms with E-state index in [4.69, 9.17) is 9.97 Å². The van der Waals surface area contributed by atoms with Gasteiger partial charge in [0.1, 0.15) is 0 Å². The molecule has 0 bridgehead atoms. The first-order valence-corrected chi connectivity index (χ1v) is 20.8. The monoisotopic (exact) mass is 768 g/mol. The van der Waals surface area contributed by atoms with Crippen LogP contribution in [0.5, 0.6) is 0 Å². The summed E-state index contributed by atoms with van der Waals surface area (Å²) in [7, 11) is 0. The summed E-state index contributed by atoms with van der Waals surface area (Å²) >= 11 is 1.84. The second-order valence-electron chi connectivity index (χ2n) is 15.3. The van der Waals surface area contributed by atoms with Crippen LogP contribution in [0, 0.1) is 0 Å². The van der Waals surface area contributed by atoms with Crippen LogP contribution in [0.3, 0.4) is 0 Å². The molecule has 9 aromatic carbocycles. The summed E-state index contributed by atoms with van der Waals surface area (Å²) in [5, 5.41) is 10.8. The summed E-state index contributed by atoms with van der Waals surface area (Å²) in [4.78, 5) is 10.8. The predicted octanol–water partition coefficient (Wildman–Crippen LogP) is 14.7. The molecule has 4 heterocycles. The van der Waals surface area contributed by atoms with Gasteiger partial charge in [0.25, 0.3) is 0 Å². The van der Waals surface area contributed by atoms with Gasteiger partial charge in [-0.25, -0.2) is 9.97 Å². The van der Waals surface area contributed by atoms with Crippen LogP contribution in [0.2, 0.25) is 0 Å². The van der Waals surface area contributed by atoms with E-state index in [0.29, 0.717) is 5.95 Å². The highest BCUT2D eigenvalue weighted by atomic mass is 32.1. The van der Waals surface area contributed by atoms with E-state index in [1.165, 1.54) is 69.1 Å². The van der Waals surface area contributed by atoms with Gasteiger partial charge in [-0.2, -0.15) is 0 Å². The number of para-hydroxylation sites is 4. The molecule has 0 spiro atoms. The van der Waals surface area contributed by atoms with Crippen molar-refractivity contribution >= 4 is 96.8 Å². The van der Waals surface area contributed by atoms with Crippen molar-refractivity contribution < 1.29 is 0 Å². The van der Waals surface area contributed by atoms with Crippen molar-refractivity contribution in [3.8, 4) is 34.0 Å². The molecule has 0 atom stereocenters. The van der Waals surface area contributed by atoms with Crippen LogP contribution >= 0.6 is 11.3 Å². The van der Waals surface area contributed by atoms with Crippen LogP contribution in [0.25, 0.3) is 119 Å². The van der Waals surface area contributed by atoms with E-state index in [1.54, 1.807) is 0 Å². The van der Waals surface area contributed by atoms with Crippen LogP contribution < -0.4 is 0 Å². The molecular weight excluding hydrogens is 737 g/mol. The van der Waals surface area contributed by atoms with Crippen molar-refractivity contribution in [2.24, 2.45) is 0 Å². The molecular formula is C54H32N4S. The molecule has 13 rings (SSSR count).